The average molecular weight is 337 g/mol. The number of nitro groups is 1. The largest absolute Gasteiger partial charge is 0.465 e. The molecule has 1 atom stereocenters. The lowest BCUT2D eigenvalue weighted by Gasteiger charge is -2.13. The maximum atomic E-state index is 12.1. The van der Waals surface area contributed by atoms with Crippen molar-refractivity contribution in [1.29, 1.82) is 0 Å². The molecule has 0 saturated heterocycles. The van der Waals surface area contributed by atoms with Crippen molar-refractivity contribution >= 4 is 33.3 Å². The Kier molecular flexibility index (Phi) is 5.64. The van der Waals surface area contributed by atoms with E-state index in [1.807, 2.05) is 4.72 Å². The fraction of sp³-hybridized carbons (Fsp3) is 0.364. The van der Waals surface area contributed by atoms with E-state index < -0.39 is 37.5 Å². The van der Waals surface area contributed by atoms with E-state index in [0.717, 1.165) is 12.1 Å². The van der Waals surface area contributed by atoms with Crippen LogP contribution in [0.5, 0.6) is 0 Å². The number of halogens is 1. The van der Waals surface area contributed by atoms with Gasteiger partial charge in [-0.1, -0.05) is 11.6 Å². The van der Waals surface area contributed by atoms with E-state index in [4.69, 9.17) is 11.6 Å². The molecule has 1 aromatic carbocycles. The summed E-state index contributed by atoms with van der Waals surface area (Å²) in [4.78, 5) is 20.8. The van der Waals surface area contributed by atoms with Crippen LogP contribution in [0.3, 0.4) is 0 Å². The molecule has 0 spiro atoms. The molecule has 8 nitrogen and oxygen atoms in total. The van der Waals surface area contributed by atoms with Gasteiger partial charge in [-0.25, -0.2) is 8.42 Å². The van der Waals surface area contributed by atoms with Crippen LogP contribution in [-0.2, 0) is 19.6 Å². The Morgan fingerprint density at radius 3 is 2.67 bits per heavy atom. The minimum Gasteiger partial charge on any atom is -0.465 e. The van der Waals surface area contributed by atoms with Crippen molar-refractivity contribution in [3.05, 3.63) is 33.3 Å². The smallest absolute Gasteiger partial charge is 0.323 e. The summed E-state index contributed by atoms with van der Waals surface area (Å²) in [7, 11) is -4.30. The Morgan fingerprint density at radius 1 is 1.52 bits per heavy atom. The number of hydrogen-bond acceptors (Lipinski definition) is 6. The fourth-order valence-electron chi connectivity index (χ4n) is 1.47. The molecule has 1 rings (SSSR count). The third kappa shape index (κ3) is 4.38. The molecule has 0 fully saturated rings. The van der Waals surface area contributed by atoms with Crippen LogP contribution in [0, 0.1) is 10.1 Å². The molecule has 0 aliphatic heterocycles. The summed E-state index contributed by atoms with van der Waals surface area (Å²) in [6.07, 6.45) is 0. The fourth-order valence-corrected chi connectivity index (χ4v) is 3.09. The van der Waals surface area contributed by atoms with Gasteiger partial charge in [-0.15, -0.1) is 0 Å². The zero-order valence-electron chi connectivity index (χ0n) is 11.2. The van der Waals surface area contributed by atoms with Crippen LogP contribution in [0.15, 0.2) is 23.1 Å². The molecular formula is C11H13ClN2O6S. The molecule has 1 unspecified atom stereocenters. The minimum absolute atomic E-state index is 0.0183. The van der Waals surface area contributed by atoms with E-state index in [9.17, 15) is 23.3 Å². The molecule has 10 heteroatoms. The molecule has 0 aliphatic carbocycles. The van der Waals surface area contributed by atoms with E-state index in [1.165, 1.54) is 13.0 Å². The van der Waals surface area contributed by atoms with E-state index in [2.05, 4.69) is 4.74 Å². The number of benzene rings is 1. The summed E-state index contributed by atoms with van der Waals surface area (Å²) in [6, 6.07) is 1.94. The molecular weight excluding hydrogens is 324 g/mol. The molecule has 1 aromatic rings. The van der Waals surface area contributed by atoms with Gasteiger partial charge in [0, 0.05) is 11.1 Å². The summed E-state index contributed by atoms with van der Waals surface area (Å²) < 4.78 is 31.0. The predicted octanol–water partition coefficient (Wildman–Crippen LogP) is 1.48. The lowest BCUT2D eigenvalue weighted by molar-refractivity contribution is -0.387. The standard InChI is InChI=1S/C11H13ClN2O6S/c1-3-20-11(15)7(2)13-21(18,19)10-6-8(12)4-5-9(10)14(16)17/h4-7,13H,3H2,1-2H3. The monoisotopic (exact) mass is 336 g/mol. The number of nitrogens with zero attached hydrogens (tertiary/aromatic N) is 1. The lowest BCUT2D eigenvalue weighted by Crippen LogP contribution is -2.39. The second-order valence-corrected chi connectivity index (χ2v) is 6.08. The predicted molar refractivity (Wildman–Crippen MR) is 74.5 cm³/mol. The molecule has 0 amide bonds. The number of sulfonamides is 1. The molecule has 0 bridgehead atoms. The maximum absolute atomic E-state index is 12.1. The molecule has 0 aliphatic rings. The van der Waals surface area contributed by atoms with Crippen molar-refractivity contribution < 1.29 is 22.9 Å². The number of hydrogen-bond donors (Lipinski definition) is 1. The summed E-state index contributed by atoms with van der Waals surface area (Å²) in [5.74, 6) is -0.786. The van der Waals surface area contributed by atoms with Gasteiger partial charge in [-0.3, -0.25) is 14.9 Å². The zero-order chi connectivity index (χ0) is 16.2. The first-order valence-electron chi connectivity index (χ1n) is 5.82. The maximum Gasteiger partial charge on any atom is 0.323 e. The van der Waals surface area contributed by atoms with E-state index in [-0.39, 0.29) is 11.6 Å². The van der Waals surface area contributed by atoms with Crippen molar-refractivity contribution in [2.75, 3.05) is 6.61 Å². The van der Waals surface area contributed by atoms with Gasteiger partial charge in [0.25, 0.3) is 5.69 Å². The number of carbonyl (C=O) groups excluding carboxylic acids is 1. The molecule has 1 N–H and O–H groups in total. The molecule has 116 valence electrons. The number of nitrogens with one attached hydrogen (secondary N) is 1. The van der Waals surface area contributed by atoms with Gasteiger partial charge in [0.15, 0.2) is 4.90 Å². The third-order valence-electron chi connectivity index (χ3n) is 2.38. The van der Waals surface area contributed by atoms with E-state index >= 15 is 0 Å². The number of ether oxygens (including phenoxy) is 1. The first kappa shape index (κ1) is 17.3. The number of esters is 1. The Labute approximate surface area is 126 Å². The number of carbonyl (C=O) groups is 1. The summed E-state index contributed by atoms with van der Waals surface area (Å²) in [5.41, 5.74) is -0.636. The normalized spacial score (nSPS) is 12.7. The Balaban J connectivity index is 3.16. The molecule has 0 heterocycles. The highest BCUT2D eigenvalue weighted by Crippen LogP contribution is 2.27. The Bertz CT molecular complexity index is 661. The van der Waals surface area contributed by atoms with Gasteiger partial charge < -0.3 is 4.74 Å². The van der Waals surface area contributed by atoms with Gasteiger partial charge in [0.05, 0.1) is 11.5 Å². The first-order chi connectivity index (χ1) is 9.69. The Hall–Kier alpha value is -1.71. The van der Waals surface area contributed by atoms with Crippen molar-refractivity contribution in [1.82, 2.24) is 4.72 Å². The molecule has 0 radical (unpaired) electrons. The second-order valence-electron chi connectivity index (χ2n) is 3.96. The highest BCUT2D eigenvalue weighted by molar-refractivity contribution is 7.89. The van der Waals surface area contributed by atoms with Gasteiger partial charge in [0.2, 0.25) is 10.0 Å². The van der Waals surface area contributed by atoms with Gasteiger partial charge >= 0.3 is 5.97 Å². The van der Waals surface area contributed by atoms with Crippen molar-refractivity contribution in [2.45, 2.75) is 24.8 Å². The van der Waals surface area contributed by atoms with Crippen LogP contribution in [0.1, 0.15) is 13.8 Å². The van der Waals surface area contributed by atoms with Gasteiger partial charge in [-0.2, -0.15) is 4.72 Å². The second kappa shape index (κ2) is 6.83. The molecule has 0 aromatic heterocycles. The first-order valence-corrected chi connectivity index (χ1v) is 7.68. The minimum atomic E-state index is -4.30. The SMILES string of the molecule is CCOC(=O)C(C)NS(=O)(=O)c1cc(Cl)ccc1[N+](=O)[O-]. The number of nitro benzene ring substituents is 1. The highest BCUT2D eigenvalue weighted by atomic mass is 35.5. The summed E-state index contributed by atoms with van der Waals surface area (Å²) in [6.45, 7) is 2.93. The number of rotatable bonds is 6. The van der Waals surface area contributed by atoms with E-state index in [1.54, 1.807) is 6.92 Å². The van der Waals surface area contributed by atoms with Crippen LogP contribution in [-0.4, -0.2) is 32.0 Å². The quantitative estimate of drug-likeness (QED) is 0.478. The third-order valence-corrected chi connectivity index (χ3v) is 4.19. The van der Waals surface area contributed by atoms with Crippen molar-refractivity contribution in [3.63, 3.8) is 0 Å². The van der Waals surface area contributed by atoms with Gasteiger partial charge in [-0.05, 0) is 26.0 Å². The van der Waals surface area contributed by atoms with Gasteiger partial charge in [0.1, 0.15) is 6.04 Å². The molecule has 0 saturated carbocycles. The molecule has 21 heavy (non-hydrogen) atoms. The Morgan fingerprint density at radius 2 is 2.14 bits per heavy atom. The van der Waals surface area contributed by atoms with Crippen molar-refractivity contribution in [3.8, 4) is 0 Å². The van der Waals surface area contributed by atoms with Crippen LogP contribution >= 0.6 is 11.6 Å². The summed E-state index contributed by atoms with van der Waals surface area (Å²) in [5, 5.41) is 10.9. The van der Waals surface area contributed by atoms with Crippen LogP contribution in [0.2, 0.25) is 5.02 Å². The highest BCUT2D eigenvalue weighted by Gasteiger charge is 2.29. The van der Waals surface area contributed by atoms with Crippen LogP contribution in [0.4, 0.5) is 5.69 Å². The topological polar surface area (TPSA) is 116 Å². The van der Waals surface area contributed by atoms with Crippen LogP contribution < -0.4 is 4.72 Å². The zero-order valence-corrected chi connectivity index (χ0v) is 12.8. The lowest BCUT2D eigenvalue weighted by atomic mass is 10.3. The van der Waals surface area contributed by atoms with E-state index in [0.29, 0.717) is 0 Å². The van der Waals surface area contributed by atoms with Crippen molar-refractivity contribution in [2.24, 2.45) is 0 Å². The van der Waals surface area contributed by atoms with Crippen LogP contribution in [0.25, 0.3) is 0 Å². The summed E-state index contributed by atoms with van der Waals surface area (Å²) >= 11 is 5.67. The average Bonchev–Trinajstić information content (AvgIpc) is 2.38.